The van der Waals surface area contributed by atoms with Gasteiger partial charge in [0.05, 0.1) is 12.6 Å². The Morgan fingerprint density at radius 1 is 1.17 bits per heavy atom. The van der Waals surface area contributed by atoms with Gasteiger partial charge in [-0.3, -0.25) is 9.69 Å². The van der Waals surface area contributed by atoms with Crippen LogP contribution in [-0.4, -0.2) is 53.7 Å². The summed E-state index contributed by atoms with van der Waals surface area (Å²) in [5.41, 5.74) is 5.85. The number of carbonyl (C=O) groups is 1. The summed E-state index contributed by atoms with van der Waals surface area (Å²) in [6, 6.07) is 0.634. The second-order valence-electron chi connectivity index (χ2n) is 5.69. The molecule has 0 aromatic heterocycles. The van der Waals surface area contributed by atoms with E-state index in [1.807, 2.05) is 0 Å². The molecule has 1 heterocycles. The number of likely N-dealkylation sites (tertiary alicyclic amines) is 1. The molecule has 5 nitrogen and oxygen atoms in total. The molecule has 1 aliphatic heterocycles. The molecule has 1 amide bonds. The zero-order valence-corrected chi connectivity index (χ0v) is 11.0. The molecule has 18 heavy (non-hydrogen) atoms. The SMILES string of the molecule is NC1CCC(NC(=O)CN2CCC(O)CC2)CC1. The number of nitrogens with one attached hydrogen (secondary N) is 1. The molecule has 104 valence electrons. The van der Waals surface area contributed by atoms with Gasteiger partial charge in [-0.05, 0) is 38.5 Å². The molecule has 4 N–H and O–H groups in total. The van der Waals surface area contributed by atoms with Crippen LogP contribution in [0.1, 0.15) is 38.5 Å². The maximum atomic E-state index is 11.9. The summed E-state index contributed by atoms with van der Waals surface area (Å²) >= 11 is 0. The molecule has 0 unspecified atom stereocenters. The molecule has 2 fully saturated rings. The standard InChI is InChI=1S/C13H25N3O2/c14-10-1-3-11(4-2-10)15-13(18)9-16-7-5-12(17)6-8-16/h10-12,17H,1-9,14H2,(H,15,18). The number of hydrogen-bond acceptors (Lipinski definition) is 4. The van der Waals surface area contributed by atoms with Gasteiger partial charge in [-0.15, -0.1) is 0 Å². The quantitative estimate of drug-likeness (QED) is 0.654. The number of piperidine rings is 1. The van der Waals surface area contributed by atoms with Crippen LogP contribution in [0.5, 0.6) is 0 Å². The number of nitrogens with zero attached hydrogens (tertiary/aromatic N) is 1. The predicted octanol–water partition coefficient (Wildman–Crippen LogP) is -0.171. The summed E-state index contributed by atoms with van der Waals surface area (Å²) in [4.78, 5) is 14.0. The third kappa shape index (κ3) is 4.23. The highest BCUT2D eigenvalue weighted by Gasteiger charge is 2.22. The molecular weight excluding hydrogens is 230 g/mol. The fraction of sp³-hybridized carbons (Fsp3) is 0.923. The van der Waals surface area contributed by atoms with E-state index in [2.05, 4.69) is 10.2 Å². The zero-order valence-electron chi connectivity index (χ0n) is 11.0. The highest BCUT2D eigenvalue weighted by Crippen LogP contribution is 2.17. The highest BCUT2D eigenvalue weighted by atomic mass is 16.3. The number of aliphatic hydroxyl groups excluding tert-OH is 1. The van der Waals surface area contributed by atoms with E-state index in [-0.39, 0.29) is 12.0 Å². The van der Waals surface area contributed by atoms with Crippen LogP contribution >= 0.6 is 0 Å². The lowest BCUT2D eigenvalue weighted by atomic mass is 9.92. The van der Waals surface area contributed by atoms with Gasteiger partial charge < -0.3 is 16.2 Å². The van der Waals surface area contributed by atoms with Crippen LogP contribution in [0.25, 0.3) is 0 Å². The van der Waals surface area contributed by atoms with Crippen molar-refractivity contribution in [1.82, 2.24) is 10.2 Å². The summed E-state index contributed by atoms with van der Waals surface area (Å²) in [5, 5.41) is 12.5. The minimum Gasteiger partial charge on any atom is -0.393 e. The monoisotopic (exact) mass is 255 g/mol. The average Bonchev–Trinajstić information content (AvgIpc) is 2.35. The number of amides is 1. The Balaban J connectivity index is 1.66. The van der Waals surface area contributed by atoms with Gasteiger partial charge in [0.15, 0.2) is 0 Å². The van der Waals surface area contributed by atoms with E-state index >= 15 is 0 Å². The first-order valence-corrected chi connectivity index (χ1v) is 7.09. The average molecular weight is 255 g/mol. The van der Waals surface area contributed by atoms with Crippen molar-refractivity contribution in [2.24, 2.45) is 5.73 Å². The molecule has 2 aliphatic rings. The van der Waals surface area contributed by atoms with Gasteiger partial charge in [-0.2, -0.15) is 0 Å². The maximum Gasteiger partial charge on any atom is 0.234 e. The van der Waals surface area contributed by atoms with Crippen molar-refractivity contribution < 1.29 is 9.90 Å². The number of aliphatic hydroxyl groups is 1. The first-order valence-electron chi connectivity index (χ1n) is 7.09. The van der Waals surface area contributed by atoms with Crippen molar-refractivity contribution in [3.63, 3.8) is 0 Å². The third-order valence-electron chi connectivity index (χ3n) is 4.06. The van der Waals surface area contributed by atoms with E-state index in [1.165, 1.54) is 0 Å². The van der Waals surface area contributed by atoms with Gasteiger partial charge in [0.1, 0.15) is 0 Å². The van der Waals surface area contributed by atoms with Crippen molar-refractivity contribution in [2.45, 2.75) is 56.7 Å². The van der Waals surface area contributed by atoms with Gasteiger partial charge in [-0.25, -0.2) is 0 Å². The van der Waals surface area contributed by atoms with Crippen LogP contribution in [0.15, 0.2) is 0 Å². The van der Waals surface area contributed by atoms with Crippen LogP contribution in [0.2, 0.25) is 0 Å². The molecule has 5 heteroatoms. The Kier molecular flexibility index (Phi) is 4.97. The molecule has 0 spiro atoms. The summed E-state index contributed by atoms with van der Waals surface area (Å²) in [6.07, 6.45) is 5.43. The number of carbonyl (C=O) groups excluding carboxylic acids is 1. The van der Waals surface area contributed by atoms with Crippen molar-refractivity contribution in [2.75, 3.05) is 19.6 Å². The molecule has 2 rings (SSSR count). The molecule has 1 aliphatic carbocycles. The van der Waals surface area contributed by atoms with Crippen LogP contribution in [0, 0.1) is 0 Å². The molecule has 1 saturated heterocycles. The second kappa shape index (κ2) is 6.50. The van der Waals surface area contributed by atoms with Crippen LogP contribution in [-0.2, 0) is 4.79 Å². The molecule has 0 aromatic carbocycles. The van der Waals surface area contributed by atoms with E-state index in [4.69, 9.17) is 5.73 Å². The molecule has 0 radical (unpaired) electrons. The normalized spacial score (nSPS) is 31.2. The van der Waals surface area contributed by atoms with Gasteiger partial charge in [0.25, 0.3) is 0 Å². The topological polar surface area (TPSA) is 78.6 Å². The summed E-state index contributed by atoms with van der Waals surface area (Å²) < 4.78 is 0. The van der Waals surface area contributed by atoms with E-state index in [1.54, 1.807) is 0 Å². The van der Waals surface area contributed by atoms with Crippen LogP contribution in [0.3, 0.4) is 0 Å². The Hall–Kier alpha value is -0.650. The summed E-state index contributed by atoms with van der Waals surface area (Å²) in [5.74, 6) is 0.117. The van der Waals surface area contributed by atoms with Crippen molar-refractivity contribution in [1.29, 1.82) is 0 Å². The van der Waals surface area contributed by atoms with Crippen molar-refractivity contribution >= 4 is 5.91 Å². The molecule has 1 saturated carbocycles. The minimum atomic E-state index is -0.177. The molecular formula is C13H25N3O2. The van der Waals surface area contributed by atoms with Crippen molar-refractivity contribution in [3.05, 3.63) is 0 Å². The number of nitrogens with two attached hydrogens (primary N) is 1. The Morgan fingerprint density at radius 2 is 1.78 bits per heavy atom. The van der Waals surface area contributed by atoms with Gasteiger partial charge in [0, 0.05) is 25.2 Å². The first-order chi connectivity index (χ1) is 8.63. The lowest BCUT2D eigenvalue weighted by Crippen LogP contribution is -2.46. The Bertz CT molecular complexity index is 243. The predicted molar refractivity (Wildman–Crippen MR) is 70.1 cm³/mol. The zero-order chi connectivity index (χ0) is 13.0. The van der Waals surface area contributed by atoms with E-state index in [0.717, 1.165) is 51.6 Å². The fourth-order valence-electron chi connectivity index (χ4n) is 2.82. The maximum absolute atomic E-state index is 11.9. The van der Waals surface area contributed by atoms with E-state index in [9.17, 15) is 9.90 Å². The van der Waals surface area contributed by atoms with Gasteiger partial charge in [-0.1, -0.05) is 0 Å². The Morgan fingerprint density at radius 3 is 2.39 bits per heavy atom. The Labute approximate surface area is 109 Å². The van der Waals surface area contributed by atoms with Crippen molar-refractivity contribution in [3.8, 4) is 0 Å². The third-order valence-corrected chi connectivity index (χ3v) is 4.06. The first kappa shape index (κ1) is 13.8. The van der Waals surface area contributed by atoms with E-state index < -0.39 is 0 Å². The lowest BCUT2D eigenvalue weighted by molar-refractivity contribution is -0.123. The summed E-state index contributed by atoms with van der Waals surface area (Å²) in [6.45, 7) is 2.11. The lowest BCUT2D eigenvalue weighted by Gasteiger charge is -2.31. The minimum absolute atomic E-state index is 0.117. The highest BCUT2D eigenvalue weighted by molar-refractivity contribution is 5.78. The van der Waals surface area contributed by atoms with Gasteiger partial charge in [0.2, 0.25) is 5.91 Å². The van der Waals surface area contributed by atoms with Crippen LogP contribution in [0.4, 0.5) is 0 Å². The van der Waals surface area contributed by atoms with Gasteiger partial charge >= 0.3 is 0 Å². The largest absolute Gasteiger partial charge is 0.393 e. The smallest absolute Gasteiger partial charge is 0.234 e. The van der Waals surface area contributed by atoms with E-state index in [0.29, 0.717) is 18.6 Å². The molecule has 0 atom stereocenters. The summed E-state index contributed by atoms with van der Waals surface area (Å²) in [7, 11) is 0. The molecule has 0 bridgehead atoms. The number of hydrogen-bond donors (Lipinski definition) is 3. The fourth-order valence-corrected chi connectivity index (χ4v) is 2.82. The van der Waals surface area contributed by atoms with Crippen LogP contribution < -0.4 is 11.1 Å². The second-order valence-corrected chi connectivity index (χ2v) is 5.69. The molecule has 0 aromatic rings. The number of rotatable bonds is 3.